The number of hydrogen-bond donors (Lipinski definition) is 2. The van der Waals surface area contributed by atoms with Gasteiger partial charge >= 0.3 is 5.97 Å². The fourth-order valence-corrected chi connectivity index (χ4v) is 1.85. The summed E-state index contributed by atoms with van der Waals surface area (Å²) in [6.07, 6.45) is 3.50. The Labute approximate surface area is 122 Å². The highest BCUT2D eigenvalue weighted by Gasteiger charge is 2.05. The van der Waals surface area contributed by atoms with Crippen LogP contribution in [0.25, 0.3) is 0 Å². The van der Waals surface area contributed by atoms with Gasteiger partial charge < -0.3 is 10.4 Å². The minimum atomic E-state index is -0.965. The number of carboxylic acids is 1. The molecule has 0 aliphatic heterocycles. The average molecular weight is 287 g/mol. The summed E-state index contributed by atoms with van der Waals surface area (Å²) in [5.74, 6) is -1.22. The summed E-state index contributed by atoms with van der Waals surface area (Å²) in [7, 11) is 0. The Morgan fingerprint density at radius 2 is 1.86 bits per heavy atom. The lowest BCUT2D eigenvalue weighted by atomic mass is 10.1. The molecule has 0 saturated heterocycles. The molecule has 0 aliphatic carbocycles. The van der Waals surface area contributed by atoms with Crippen LogP contribution in [0.15, 0.2) is 42.7 Å². The van der Waals surface area contributed by atoms with Crippen LogP contribution in [0.3, 0.4) is 0 Å². The molecule has 0 unspecified atom stereocenters. The Morgan fingerprint density at radius 3 is 2.48 bits per heavy atom. The fourth-order valence-electron chi connectivity index (χ4n) is 1.85. The van der Waals surface area contributed by atoms with Crippen molar-refractivity contribution in [2.75, 3.05) is 0 Å². The zero-order chi connectivity index (χ0) is 15.1. The van der Waals surface area contributed by atoms with Gasteiger partial charge in [-0.1, -0.05) is 24.3 Å². The molecular weight excluding hydrogens is 270 g/mol. The predicted octanol–water partition coefficient (Wildman–Crippen LogP) is 1.41. The number of amides is 1. The number of nitrogens with one attached hydrogen (secondary N) is 1. The topological polar surface area (TPSA) is 84.2 Å². The van der Waals surface area contributed by atoms with Crippen molar-refractivity contribution in [2.24, 2.45) is 0 Å². The molecule has 0 bridgehead atoms. The molecule has 21 heavy (non-hydrogen) atoms. The van der Waals surface area contributed by atoms with Gasteiger partial charge in [0.25, 0.3) is 0 Å². The molecule has 6 heteroatoms. The van der Waals surface area contributed by atoms with Gasteiger partial charge in [-0.15, -0.1) is 0 Å². The van der Waals surface area contributed by atoms with Gasteiger partial charge in [-0.05, 0) is 17.2 Å². The first-order chi connectivity index (χ1) is 10.1. The Morgan fingerprint density at radius 1 is 1.14 bits per heavy atom. The maximum atomic E-state index is 11.4. The lowest BCUT2D eigenvalue weighted by molar-refractivity contribution is -0.138. The predicted molar refractivity (Wildman–Crippen MR) is 76.5 cm³/mol. The first-order valence-electron chi connectivity index (χ1n) is 6.67. The van der Waals surface area contributed by atoms with E-state index >= 15 is 0 Å². The Bertz CT molecular complexity index is 591. The van der Waals surface area contributed by atoms with E-state index in [2.05, 4.69) is 10.4 Å². The van der Waals surface area contributed by atoms with Crippen LogP contribution in [0.1, 0.15) is 24.0 Å². The van der Waals surface area contributed by atoms with Crippen molar-refractivity contribution < 1.29 is 14.7 Å². The minimum absolute atomic E-state index is 0.00666. The molecule has 0 aliphatic rings. The summed E-state index contributed by atoms with van der Waals surface area (Å²) in [5, 5.41) is 15.3. The second-order valence-electron chi connectivity index (χ2n) is 4.69. The second kappa shape index (κ2) is 7.23. The number of aromatic nitrogens is 2. The van der Waals surface area contributed by atoms with E-state index in [1.54, 1.807) is 6.20 Å². The number of aliphatic carboxylic acids is 1. The highest BCUT2D eigenvalue weighted by Crippen LogP contribution is 2.06. The number of carbonyl (C=O) groups is 2. The van der Waals surface area contributed by atoms with E-state index in [-0.39, 0.29) is 18.7 Å². The van der Waals surface area contributed by atoms with Crippen LogP contribution in [0.2, 0.25) is 0 Å². The molecule has 2 aromatic rings. The summed E-state index contributed by atoms with van der Waals surface area (Å²) in [4.78, 5) is 21.8. The molecule has 0 fully saturated rings. The van der Waals surface area contributed by atoms with Crippen LogP contribution in [0.5, 0.6) is 0 Å². The quantitative estimate of drug-likeness (QED) is 0.806. The SMILES string of the molecule is O=C(O)CCC(=O)NCc1ccc(Cn2cccn2)cc1. The van der Waals surface area contributed by atoms with E-state index in [4.69, 9.17) is 5.11 Å². The zero-order valence-corrected chi connectivity index (χ0v) is 11.5. The number of carboxylic acid groups (broad SMARTS) is 1. The molecular formula is C15H17N3O3. The molecule has 1 amide bonds. The molecule has 1 heterocycles. The van der Waals surface area contributed by atoms with Crippen molar-refractivity contribution in [2.45, 2.75) is 25.9 Å². The number of rotatable bonds is 7. The van der Waals surface area contributed by atoms with Gasteiger partial charge in [0.15, 0.2) is 0 Å². The summed E-state index contributed by atoms with van der Waals surface area (Å²) in [6.45, 7) is 1.11. The molecule has 0 radical (unpaired) electrons. The van der Waals surface area contributed by atoms with Crippen LogP contribution in [-0.4, -0.2) is 26.8 Å². The Hall–Kier alpha value is -2.63. The van der Waals surface area contributed by atoms with E-state index in [0.717, 1.165) is 11.1 Å². The van der Waals surface area contributed by atoms with Crippen molar-refractivity contribution >= 4 is 11.9 Å². The van der Waals surface area contributed by atoms with Gasteiger partial charge in [0.1, 0.15) is 0 Å². The smallest absolute Gasteiger partial charge is 0.303 e. The number of benzene rings is 1. The molecule has 1 aromatic heterocycles. The van der Waals surface area contributed by atoms with Crippen LogP contribution >= 0.6 is 0 Å². The van der Waals surface area contributed by atoms with Crippen LogP contribution < -0.4 is 5.32 Å². The minimum Gasteiger partial charge on any atom is -0.481 e. The van der Waals surface area contributed by atoms with Gasteiger partial charge in [-0.3, -0.25) is 14.3 Å². The molecule has 6 nitrogen and oxygen atoms in total. The molecule has 2 rings (SSSR count). The summed E-state index contributed by atoms with van der Waals surface area (Å²) in [6, 6.07) is 9.73. The van der Waals surface area contributed by atoms with Crippen molar-refractivity contribution in [3.05, 3.63) is 53.9 Å². The highest BCUT2D eigenvalue weighted by molar-refractivity contribution is 5.80. The van der Waals surface area contributed by atoms with E-state index in [9.17, 15) is 9.59 Å². The third-order valence-corrected chi connectivity index (χ3v) is 2.98. The molecule has 0 spiro atoms. The highest BCUT2D eigenvalue weighted by atomic mass is 16.4. The van der Waals surface area contributed by atoms with Gasteiger partial charge in [0.2, 0.25) is 5.91 Å². The largest absolute Gasteiger partial charge is 0.481 e. The lowest BCUT2D eigenvalue weighted by Gasteiger charge is -2.06. The summed E-state index contributed by atoms with van der Waals surface area (Å²) >= 11 is 0. The van der Waals surface area contributed by atoms with E-state index in [1.165, 1.54) is 0 Å². The number of nitrogens with zero attached hydrogens (tertiary/aromatic N) is 2. The van der Waals surface area contributed by atoms with Crippen molar-refractivity contribution in [3.63, 3.8) is 0 Å². The van der Waals surface area contributed by atoms with E-state index < -0.39 is 5.97 Å². The normalized spacial score (nSPS) is 10.3. The third-order valence-electron chi connectivity index (χ3n) is 2.98. The standard InChI is InChI=1S/C15H17N3O3/c19-14(6-7-15(20)21)16-10-12-2-4-13(5-3-12)11-18-9-1-8-17-18/h1-5,8-9H,6-7,10-11H2,(H,16,19)(H,20,21). The Kier molecular flexibility index (Phi) is 5.09. The van der Waals surface area contributed by atoms with Crippen LogP contribution in [0, 0.1) is 0 Å². The number of hydrogen-bond acceptors (Lipinski definition) is 3. The first kappa shape index (κ1) is 14.8. The zero-order valence-electron chi connectivity index (χ0n) is 11.5. The van der Waals surface area contributed by atoms with E-state index in [1.807, 2.05) is 41.2 Å². The monoisotopic (exact) mass is 287 g/mol. The molecule has 0 saturated carbocycles. The third kappa shape index (κ3) is 5.10. The average Bonchev–Trinajstić information content (AvgIpc) is 2.97. The first-order valence-corrected chi connectivity index (χ1v) is 6.67. The van der Waals surface area contributed by atoms with Crippen molar-refractivity contribution in [1.82, 2.24) is 15.1 Å². The molecule has 1 aromatic carbocycles. The van der Waals surface area contributed by atoms with Crippen molar-refractivity contribution in [1.29, 1.82) is 0 Å². The number of carbonyl (C=O) groups excluding carboxylic acids is 1. The van der Waals surface area contributed by atoms with Crippen LogP contribution in [-0.2, 0) is 22.7 Å². The summed E-state index contributed by atoms with van der Waals surface area (Å²) < 4.78 is 1.84. The maximum absolute atomic E-state index is 11.4. The van der Waals surface area contributed by atoms with Gasteiger partial charge in [-0.25, -0.2) is 0 Å². The molecule has 110 valence electrons. The Balaban J connectivity index is 1.79. The van der Waals surface area contributed by atoms with Gasteiger partial charge in [0.05, 0.1) is 13.0 Å². The second-order valence-corrected chi connectivity index (χ2v) is 4.69. The van der Waals surface area contributed by atoms with Crippen molar-refractivity contribution in [3.8, 4) is 0 Å². The van der Waals surface area contributed by atoms with Gasteiger partial charge in [-0.2, -0.15) is 5.10 Å². The van der Waals surface area contributed by atoms with Gasteiger partial charge in [0, 0.05) is 25.4 Å². The molecule has 2 N–H and O–H groups in total. The van der Waals surface area contributed by atoms with E-state index in [0.29, 0.717) is 13.1 Å². The molecule has 0 atom stereocenters. The van der Waals surface area contributed by atoms with Crippen LogP contribution in [0.4, 0.5) is 0 Å². The summed E-state index contributed by atoms with van der Waals surface area (Å²) in [5.41, 5.74) is 2.10. The maximum Gasteiger partial charge on any atom is 0.303 e. The lowest BCUT2D eigenvalue weighted by Crippen LogP contribution is -2.23. The fraction of sp³-hybridized carbons (Fsp3) is 0.267.